The van der Waals surface area contributed by atoms with Gasteiger partial charge in [0.2, 0.25) is 0 Å². The second-order valence-electron chi connectivity index (χ2n) is 5.37. The molecular formula is C13H24O3. The van der Waals surface area contributed by atoms with Crippen LogP contribution in [0, 0.1) is 5.92 Å². The summed E-state index contributed by atoms with van der Waals surface area (Å²) in [4.78, 5) is 0. The van der Waals surface area contributed by atoms with E-state index in [2.05, 4.69) is 20.8 Å². The van der Waals surface area contributed by atoms with Crippen molar-refractivity contribution in [3.8, 4) is 0 Å². The first kappa shape index (κ1) is 12.3. The molecule has 16 heavy (non-hydrogen) atoms. The van der Waals surface area contributed by atoms with E-state index in [1.807, 2.05) is 13.8 Å². The van der Waals surface area contributed by atoms with Gasteiger partial charge in [-0.05, 0) is 33.1 Å². The van der Waals surface area contributed by atoms with Crippen molar-refractivity contribution in [2.45, 2.75) is 77.7 Å². The molecular weight excluding hydrogens is 204 g/mol. The lowest BCUT2D eigenvalue weighted by molar-refractivity contribution is -0.234. The summed E-state index contributed by atoms with van der Waals surface area (Å²) in [6, 6.07) is 0. The largest absolute Gasteiger partial charge is 0.343 e. The van der Waals surface area contributed by atoms with Gasteiger partial charge in [-0.2, -0.15) is 0 Å². The lowest BCUT2D eigenvalue weighted by atomic mass is 9.80. The zero-order valence-electron chi connectivity index (χ0n) is 11.1. The Labute approximate surface area is 98.4 Å². The van der Waals surface area contributed by atoms with E-state index in [0.29, 0.717) is 5.92 Å². The van der Waals surface area contributed by atoms with Crippen LogP contribution in [0.1, 0.15) is 53.9 Å². The minimum Gasteiger partial charge on any atom is -0.343 e. The molecule has 2 aliphatic heterocycles. The molecule has 0 unspecified atom stereocenters. The van der Waals surface area contributed by atoms with Gasteiger partial charge in [0, 0.05) is 5.92 Å². The Bertz CT molecular complexity index is 258. The fourth-order valence-electron chi connectivity index (χ4n) is 3.28. The molecule has 2 fully saturated rings. The number of ether oxygens (including phenoxy) is 3. The highest BCUT2D eigenvalue weighted by Crippen LogP contribution is 2.49. The first-order chi connectivity index (χ1) is 7.48. The van der Waals surface area contributed by atoms with E-state index >= 15 is 0 Å². The van der Waals surface area contributed by atoms with Gasteiger partial charge in [-0.1, -0.05) is 20.8 Å². The summed E-state index contributed by atoms with van der Waals surface area (Å²) < 4.78 is 18.0. The van der Waals surface area contributed by atoms with Crippen molar-refractivity contribution < 1.29 is 14.2 Å². The van der Waals surface area contributed by atoms with Crippen LogP contribution in [0.3, 0.4) is 0 Å². The summed E-state index contributed by atoms with van der Waals surface area (Å²) >= 11 is 0. The fraction of sp³-hybridized carbons (Fsp3) is 1.00. The van der Waals surface area contributed by atoms with Gasteiger partial charge >= 0.3 is 0 Å². The normalized spacial score (nSPS) is 39.9. The fourth-order valence-corrected chi connectivity index (χ4v) is 3.28. The maximum Gasteiger partial charge on any atom is 0.188 e. The van der Waals surface area contributed by atoms with E-state index in [0.717, 1.165) is 19.3 Å². The van der Waals surface area contributed by atoms with E-state index in [-0.39, 0.29) is 18.0 Å². The number of hydrogen-bond acceptors (Lipinski definition) is 3. The van der Waals surface area contributed by atoms with Gasteiger partial charge in [-0.3, -0.25) is 0 Å². The second-order valence-corrected chi connectivity index (χ2v) is 5.37. The molecule has 0 aromatic carbocycles. The highest BCUT2D eigenvalue weighted by Gasteiger charge is 2.59. The van der Waals surface area contributed by atoms with Crippen molar-refractivity contribution in [3.63, 3.8) is 0 Å². The van der Waals surface area contributed by atoms with Crippen LogP contribution in [-0.4, -0.2) is 23.8 Å². The molecule has 0 spiro atoms. The Morgan fingerprint density at radius 3 is 2.06 bits per heavy atom. The predicted molar refractivity (Wildman–Crippen MR) is 62.0 cm³/mol. The van der Waals surface area contributed by atoms with Gasteiger partial charge in [-0.15, -0.1) is 0 Å². The zero-order valence-corrected chi connectivity index (χ0v) is 11.1. The van der Waals surface area contributed by atoms with Crippen molar-refractivity contribution in [3.05, 3.63) is 0 Å². The highest BCUT2D eigenvalue weighted by molar-refractivity contribution is 5.00. The molecule has 3 nitrogen and oxygen atoms in total. The van der Waals surface area contributed by atoms with Crippen LogP contribution in [0.15, 0.2) is 0 Å². The molecule has 2 rings (SSSR count). The maximum absolute atomic E-state index is 6.16. The molecule has 0 radical (unpaired) electrons. The summed E-state index contributed by atoms with van der Waals surface area (Å²) in [7, 11) is 0. The van der Waals surface area contributed by atoms with Crippen molar-refractivity contribution in [1.82, 2.24) is 0 Å². The van der Waals surface area contributed by atoms with E-state index in [4.69, 9.17) is 14.2 Å². The van der Waals surface area contributed by atoms with Crippen molar-refractivity contribution in [1.29, 1.82) is 0 Å². The number of fused-ring (bicyclic) bond motifs is 1. The molecule has 0 saturated carbocycles. The molecule has 94 valence electrons. The van der Waals surface area contributed by atoms with Gasteiger partial charge < -0.3 is 14.2 Å². The minimum atomic E-state index is -0.490. The van der Waals surface area contributed by atoms with Gasteiger partial charge in [-0.25, -0.2) is 0 Å². The average Bonchev–Trinajstić information content (AvgIpc) is 2.66. The van der Waals surface area contributed by atoms with Crippen LogP contribution >= 0.6 is 0 Å². The van der Waals surface area contributed by atoms with Crippen LogP contribution in [0.2, 0.25) is 0 Å². The zero-order chi connectivity index (χ0) is 12.0. The summed E-state index contributed by atoms with van der Waals surface area (Å²) in [5, 5.41) is 0. The van der Waals surface area contributed by atoms with Gasteiger partial charge in [0.05, 0.1) is 5.60 Å². The van der Waals surface area contributed by atoms with E-state index in [1.165, 1.54) is 0 Å². The Balaban J connectivity index is 2.21. The van der Waals surface area contributed by atoms with E-state index < -0.39 is 5.79 Å². The van der Waals surface area contributed by atoms with Crippen LogP contribution < -0.4 is 0 Å². The third-order valence-electron chi connectivity index (χ3n) is 4.15. The summed E-state index contributed by atoms with van der Waals surface area (Å²) in [6.45, 7) is 10.5. The summed E-state index contributed by atoms with van der Waals surface area (Å²) in [5.74, 6) is -0.0367. The molecule has 0 bridgehead atoms. The maximum atomic E-state index is 6.16. The molecule has 0 amide bonds. The van der Waals surface area contributed by atoms with E-state index in [1.54, 1.807) is 0 Å². The first-order valence-corrected chi connectivity index (χ1v) is 6.51. The number of hydrogen-bond donors (Lipinski definition) is 0. The Kier molecular flexibility index (Phi) is 3.06. The first-order valence-electron chi connectivity index (χ1n) is 6.51. The van der Waals surface area contributed by atoms with Crippen LogP contribution in [0.5, 0.6) is 0 Å². The van der Waals surface area contributed by atoms with Crippen molar-refractivity contribution in [2.24, 2.45) is 5.92 Å². The number of rotatable bonds is 3. The van der Waals surface area contributed by atoms with Crippen molar-refractivity contribution in [2.75, 3.05) is 0 Å². The molecule has 0 aromatic heterocycles. The molecule has 0 aromatic rings. The van der Waals surface area contributed by atoms with Crippen LogP contribution in [0.25, 0.3) is 0 Å². The van der Waals surface area contributed by atoms with Crippen molar-refractivity contribution >= 4 is 0 Å². The lowest BCUT2D eigenvalue weighted by Gasteiger charge is -2.35. The quantitative estimate of drug-likeness (QED) is 0.743. The molecule has 2 saturated heterocycles. The Morgan fingerprint density at radius 1 is 0.938 bits per heavy atom. The molecule has 3 atom stereocenters. The smallest absolute Gasteiger partial charge is 0.188 e. The molecule has 2 aliphatic rings. The standard InChI is InChI=1S/C13H24O3/c1-6-9-10-11(15-12(4,5)14-10)16-13(9,7-2)8-3/h9-11H,6-8H2,1-5H3/t9-,10+,11-/m0/s1. The van der Waals surface area contributed by atoms with Gasteiger partial charge in [0.15, 0.2) is 12.1 Å². The minimum absolute atomic E-state index is 0.0411. The Morgan fingerprint density at radius 2 is 1.56 bits per heavy atom. The lowest BCUT2D eigenvalue weighted by Crippen LogP contribution is -2.39. The average molecular weight is 228 g/mol. The Hall–Kier alpha value is -0.120. The van der Waals surface area contributed by atoms with Gasteiger partial charge in [0.25, 0.3) is 0 Å². The third-order valence-corrected chi connectivity index (χ3v) is 4.15. The highest BCUT2D eigenvalue weighted by atomic mass is 16.8. The topological polar surface area (TPSA) is 27.7 Å². The molecule has 0 aliphatic carbocycles. The predicted octanol–water partition coefficient (Wildman–Crippen LogP) is 3.08. The van der Waals surface area contributed by atoms with Gasteiger partial charge in [0.1, 0.15) is 6.10 Å². The van der Waals surface area contributed by atoms with Crippen LogP contribution in [0.4, 0.5) is 0 Å². The monoisotopic (exact) mass is 228 g/mol. The van der Waals surface area contributed by atoms with Crippen LogP contribution in [-0.2, 0) is 14.2 Å². The SMILES string of the molecule is CC[C@H]1[C@H]2OC(C)(C)O[C@H]2OC1(CC)CC. The van der Waals surface area contributed by atoms with E-state index in [9.17, 15) is 0 Å². The summed E-state index contributed by atoms with van der Waals surface area (Å²) in [5.41, 5.74) is -0.0411. The molecule has 2 heterocycles. The summed E-state index contributed by atoms with van der Waals surface area (Å²) in [6.07, 6.45) is 3.09. The third kappa shape index (κ3) is 1.69. The molecule has 3 heteroatoms. The second kappa shape index (κ2) is 3.97. The molecule has 0 N–H and O–H groups in total.